The van der Waals surface area contributed by atoms with E-state index in [2.05, 4.69) is 0 Å². The van der Waals surface area contributed by atoms with Crippen LogP contribution in [0.5, 0.6) is 11.5 Å². The zero-order valence-electron chi connectivity index (χ0n) is 11.9. The molecule has 0 saturated carbocycles. The highest BCUT2D eigenvalue weighted by Crippen LogP contribution is 2.46. The summed E-state index contributed by atoms with van der Waals surface area (Å²) in [6, 6.07) is 7.79. The minimum Gasteiger partial charge on any atom is -0.455 e. The molecule has 0 aliphatic heterocycles. The first-order valence-electron chi connectivity index (χ1n) is 6.54. The maximum Gasteiger partial charge on any atom is 0.404 e. The number of anilines is 2. The Morgan fingerprint density at radius 2 is 1.33 bits per heavy atom. The van der Waals surface area contributed by atoms with Crippen LogP contribution in [0.15, 0.2) is 42.5 Å². The van der Waals surface area contributed by atoms with Crippen LogP contribution in [0.2, 0.25) is 0 Å². The third-order valence-corrected chi connectivity index (χ3v) is 3.13. The van der Waals surface area contributed by atoms with Crippen LogP contribution in [0.3, 0.4) is 0 Å². The van der Waals surface area contributed by atoms with Crippen LogP contribution >= 0.6 is 0 Å². The van der Waals surface area contributed by atoms with E-state index in [-0.39, 0.29) is 17.2 Å². The van der Waals surface area contributed by atoms with Gasteiger partial charge in [-0.25, -0.2) is 0 Å². The standard InChI is InChI=1S/C15H12F6N2O/c16-14(17,18)13(15(19,20)21)8-1-4-10(5-2-8)24-12-6-3-9(22)7-11(12)23/h1-7,13H,22-23H2. The van der Waals surface area contributed by atoms with Crippen LogP contribution < -0.4 is 16.2 Å². The molecular formula is C15H12F6N2O. The molecule has 0 aliphatic rings. The molecule has 2 rings (SSSR count). The molecule has 0 heterocycles. The van der Waals surface area contributed by atoms with E-state index in [1.807, 2.05) is 0 Å². The summed E-state index contributed by atoms with van der Waals surface area (Å²) in [7, 11) is 0. The van der Waals surface area contributed by atoms with Gasteiger partial charge in [0.25, 0.3) is 0 Å². The highest BCUT2D eigenvalue weighted by atomic mass is 19.4. The molecule has 0 aliphatic carbocycles. The van der Waals surface area contributed by atoms with Crippen molar-refractivity contribution in [3.05, 3.63) is 48.0 Å². The first kappa shape index (κ1) is 17.8. The number of nitrogens with two attached hydrogens (primary N) is 2. The molecule has 4 N–H and O–H groups in total. The summed E-state index contributed by atoms with van der Waals surface area (Å²) in [5.41, 5.74) is 10.8. The van der Waals surface area contributed by atoms with Crippen LogP contribution in [-0.4, -0.2) is 12.4 Å². The number of rotatable bonds is 3. The summed E-state index contributed by atoms with van der Waals surface area (Å²) in [5.74, 6) is -3.33. The van der Waals surface area contributed by atoms with Gasteiger partial charge in [0, 0.05) is 5.69 Å². The van der Waals surface area contributed by atoms with Crippen molar-refractivity contribution in [1.29, 1.82) is 0 Å². The van der Waals surface area contributed by atoms with Crippen LogP contribution in [0.25, 0.3) is 0 Å². The topological polar surface area (TPSA) is 61.3 Å². The van der Waals surface area contributed by atoms with E-state index in [1.165, 1.54) is 18.2 Å². The monoisotopic (exact) mass is 350 g/mol. The second-order valence-corrected chi connectivity index (χ2v) is 4.98. The molecule has 0 atom stereocenters. The van der Waals surface area contributed by atoms with E-state index in [1.54, 1.807) is 0 Å². The summed E-state index contributed by atoms with van der Waals surface area (Å²) < 4.78 is 81.3. The van der Waals surface area contributed by atoms with Gasteiger partial charge in [0.15, 0.2) is 5.92 Å². The first-order valence-corrected chi connectivity index (χ1v) is 6.54. The van der Waals surface area contributed by atoms with Crippen LogP contribution in [0.1, 0.15) is 11.5 Å². The van der Waals surface area contributed by atoms with Gasteiger partial charge in [-0.3, -0.25) is 0 Å². The van der Waals surface area contributed by atoms with Gasteiger partial charge in [-0.05, 0) is 35.9 Å². The van der Waals surface area contributed by atoms with E-state index in [0.29, 0.717) is 17.8 Å². The minimum atomic E-state index is -5.44. The molecule has 0 unspecified atom stereocenters. The predicted molar refractivity (Wildman–Crippen MR) is 76.6 cm³/mol. The normalized spacial score (nSPS) is 12.5. The molecule has 0 fully saturated rings. The lowest BCUT2D eigenvalue weighted by molar-refractivity contribution is -0.253. The second kappa shape index (κ2) is 6.14. The van der Waals surface area contributed by atoms with Gasteiger partial charge in [0.2, 0.25) is 0 Å². The van der Waals surface area contributed by atoms with Gasteiger partial charge in [-0.1, -0.05) is 12.1 Å². The van der Waals surface area contributed by atoms with E-state index in [0.717, 1.165) is 12.1 Å². The van der Waals surface area contributed by atoms with Crippen molar-refractivity contribution >= 4 is 11.4 Å². The molecule has 0 saturated heterocycles. The molecule has 9 heteroatoms. The summed E-state index contributed by atoms with van der Waals surface area (Å²) >= 11 is 0. The van der Waals surface area contributed by atoms with Gasteiger partial charge >= 0.3 is 12.4 Å². The average molecular weight is 350 g/mol. The molecule has 0 radical (unpaired) electrons. The van der Waals surface area contributed by atoms with E-state index < -0.39 is 23.8 Å². The van der Waals surface area contributed by atoms with Gasteiger partial charge < -0.3 is 16.2 Å². The fourth-order valence-electron chi connectivity index (χ4n) is 2.08. The SMILES string of the molecule is Nc1ccc(Oc2ccc(C(C(F)(F)F)C(F)(F)F)cc2)c(N)c1. The zero-order valence-corrected chi connectivity index (χ0v) is 11.9. The highest BCUT2D eigenvalue weighted by molar-refractivity contribution is 5.61. The van der Waals surface area contributed by atoms with Crippen molar-refractivity contribution < 1.29 is 31.1 Å². The summed E-state index contributed by atoms with van der Waals surface area (Å²) in [4.78, 5) is 0. The summed E-state index contributed by atoms with van der Waals surface area (Å²) in [6.45, 7) is 0. The second-order valence-electron chi connectivity index (χ2n) is 4.98. The molecule has 2 aromatic rings. The van der Waals surface area contributed by atoms with Gasteiger partial charge in [-0.15, -0.1) is 0 Å². The molecule has 0 bridgehead atoms. The lowest BCUT2D eigenvalue weighted by Crippen LogP contribution is -2.34. The Kier molecular flexibility index (Phi) is 4.54. The molecule has 3 nitrogen and oxygen atoms in total. The van der Waals surface area contributed by atoms with Crippen molar-refractivity contribution in [3.63, 3.8) is 0 Å². The zero-order chi connectivity index (χ0) is 18.1. The van der Waals surface area contributed by atoms with Gasteiger partial charge in [-0.2, -0.15) is 26.3 Å². The number of halogens is 6. The Morgan fingerprint density at radius 3 is 1.79 bits per heavy atom. The number of nitrogen functional groups attached to an aromatic ring is 2. The fraction of sp³-hybridized carbons (Fsp3) is 0.200. The van der Waals surface area contributed by atoms with Crippen LogP contribution in [0.4, 0.5) is 37.7 Å². The minimum absolute atomic E-state index is 0.0401. The maximum absolute atomic E-state index is 12.7. The molecule has 0 spiro atoms. The summed E-state index contributed by atoms with van der Waals surface area (Å²) in [6.07, 6.45) is -10.9. The van der Waals surface area contributed by atoms with E-state index >= 15 is 0 Å². The first-order chi connectivity index (χ1) is 11.0. The fourth-order valence-corrected chi connectivity index (χ4v) is 2.08. The smallest absolute Gasteiger partial charge is 0.404 e. The maximum atomic E-state index is 12.7. The lowest BCUT2D eigenvalue weighted by atomic mass is 9.98. The van der Waals surface area contributed by atoms with Crippen molar-refractivity contribution in [2.24, 2.45) is 0 Å². The third kappa shape index (κ3) is 4.03. The van der Waals surface area contributed by atoms with Crippen LogP contribution in [0, 0.1) is 0 Å². The Balaban J connectivity index is 2.26. The summed E-state index contributed by atoms with van der Waals surface area (Å²) in [5, 5.41) is 0. The Hall–Kier alpha value is -2.58. The molecule has 0 aromatic heterocycles. The van der Waals surface area contributed by atoms with Gasteiger partial charge in [0.1, 0.15) is 11.5 Å². The van der Waals surface area contributed by atoms with E-state index in [9.17, 15) is 26.3 Å². The Bertz CT molecular complexity index is 695. The highest BCUT2D eigenvalue weighted by Gasteiger charge is 2.57. The van der Waals surface area contributed by atoms with Crippen molar-refractivity contribution in [2.75, 3.05) is 11.5 Å². The predicted octanol–water partition coefficient (Wildman–Crippen LogP) is 4.85. The van der Waals surface area contributed by atoms with Crippen molar-refractivity contribution in [1.82, 2.24) is 0 Å². The molecular weight excluding hydrogens is 338 g/mol. The van der Waals surface area contributed by atoms with Gasteiger partial charge in [0.05, 0.1) is 5.69 Å². The largest absolute Gasteiger partial charge is 0.455 e. The Labute approximate surface area is 132 Å². The molecule has 24 heavy (non-hydrogen) atoms. The number of ether oxygens (including phenoxy) is 1. The Morgan fingerprint density at radius 1 is 0.792 bits per heavy atom. The molecule has 2 aromatic carbocycles. The quantitative estimate of drug-likeness (QED) is 0.614. The number of hydrogen-bond donors (Lipinski definition) is 2. The van der Waals surface area contributed by atoms with Crippen LogP contribution in [-0.2, 0) is 0 Å². The van der Waals surface area contributed by atoms with Crippen molar-refractivity contribution in [2.45, 2.75) is 18.3 Å². The van der Waals surface area contributed by atoms with E-state index in [4.69, 9.17) is 16.2 Å². The molecule has 0 amide bonds. The lowest BCUT2D eigenvalue weighted by Gasteiger charge is -2.23. The molecule has 130 valence electrons. The van der Waals surface area contributed by atoms with Crippen molar-refractivity contribution in [3.8, 4) is 11.5 Å². The average Bonchev–Trinajstić information content (AvgIpc) is 2.41. The number of hydrogen-bond acceptors (Lipinski definition) is 3. The number of alkyl halides is 6. The third-order valence-electron chi connectivity index (χ3n) is 3.13. The number of benzene rings is 2.